The Kier molecular flexibility index (Phi) is 6.03. The van der Waals surface area contributed by atoms with Crippen LogP contribution in [0.15, 0.2) is 18.2 Å². The third kappa shape index (κ3) is 4.70. The molecule has 1 aliphatic carbocycles. The second-order valence-electron chi connectivity index (χ2n) is 5.64. The van der Waals surface area contributed by atoms with Gasteiger partial charge in [0, 0.05) is 17.4 Å². The Bertz CT molecular complexity index is 495. The predicted octanol–water partition coefficient (Wildman–Crippen LogP) is 3.89. The maximum atomic E-state index is 13.5. The maximum absolute atomic E-state index is 13.5. The minimum absolute atomic E-state index is 0.0180. The summed E-state index contributed by atoms with van der Waals surface area (Å²) in [6.45, 7) is 2.17. The lowest BCUT2D eigenvalue weighted by atomic mass is 9.86. The number of nitrogens with one attached hydrogen (secondary N) is 1. The van der Waals surface area contributed by atoms with Gasteiger partial charge in [-0.2, -0.15) is 0 Å². The Morgan fingerprint density at radius 3 is 2.86 bits per heavy atom. The minimum Gasteiger partial charge on any atom is -0.352 e. The first-order valence-corrected chi connectivity index (χ1v) is 8.53. The molecule has 0 aromatic heterocycles. The summed E-state index contributed by atoms with van der Waals surface area (Å²) < 4.78 is 26.5. The summed E-state index contributed by atoms with van der Waals surface area (Å²) in [5.41, 5.74) is 0.304. The van der Waals surface area contributed by atoms with Gasteiger partial charge in [-0.25, -0.2) is 8.78 Å². The lowest BCUT2D eigenvalue weighted by Gasteiger charge is -2.29. The van der Waals surface area contributed by atoms with Crippen molar-refractivity contribution in [2.75, 3.05) is 5.75 Å². The second kappa shape index (κ2) is 7.78. The topological polar surface area (TPSA) is 29.1 Å². The van der Waals surface area contributed by atoms with Crippen molar-refractivity contribution in [3.63, 3.8) is 0 Å². The Morgan fingerprint density at radius 1 is 1.33 bits per heavy atom. The first-order valence-electron chi connectivity index (χ1n) is 7.38. The molecule has 1 N–H and O–H groups in total. The summed E-state index contributed by atoms with van der Waals surface area (Å²) in [5.74, 6) is -0.569. The van der Waals surface area contributed by atoms with Crippen LogP contribution in [0.1, 0.15) is 38.2 Å². The fourth-order valence-electron chi connectivity index (χ4n) is 2.69. The zero-order valence-electron chi connectivity index (χ0n) is 12.2. The van der Waals surface area contributed by atoms with Crippen molar-refractivity contribution in [1.29, 1.82) is 0 Å². The molecule has 1 fully saturated rings. The molecule has 1 aromatic carbocycles. The molecule has 2 nitrogen and oxygen atoms in total. The fraction of sp³-hybridized carbons (Fsp3) is 0.562. The second-order valence-corrected chi connectivity index (χ2v) is 6.63. The Balaban J connectivity index is 1.75. The lowest BCUT2D eigenvalue weighted by molar-refractivity contribution is -0.119. The summed E-state index contributed by atoms with van der Waals surface area (Å²) >= 11 is 1.31. The maximum Gasteiger partial charge on any atom is 0.230 e. The van der Waals surface area contributed by atoms with Crippen LogP contribution in [-0.2, 0) is 10.5 Å². The third-order valence-corrected chi connectivity index (χ3v) is 4.96. The number of rotatable bonds is 5. The van der Waals surface area contributed by atoms with Gasteiger partial charge in [-0.3, -0.25) is 4.79 Å². The van der Waals surface area contributed by atoms with Crippen molar-refractivity contribution in [2.45, 2.75) is 44.4 Å². The molecule has 1 amide bonds. The van der Waals surface area contributed by atoms with E-state index in [2.05, 4.69) is 12.2 Å². The quantitative estimate of drug-likeness (QED) is 0.893. The minimum atomic E-state index is -0.839. The van der Waals surface area contributed by atoms with E-state index in [-0.39, 0.29) is 17.7 Å². The number of carbonyl (C=O) groups excluding carboxylic acids is 1. The summed E-state index contributed by atoms with van der Waals surface area (Å²) in [5, 5.41) is 3.05. The molecule has 2 rings (SSSR count). The summed E-state index contributed by atoms with van der Waals surface area (Å²) in [6, 6.07) is 4.39. The van der Waals surface area contributed by atoms with E-state index in [0.717, 1.165) is 25.3 Å². The fourth-order valence-corrected chi connectivity index (χ4v) is 3.51. The van der Waals surface area contributed by atoms with Gasteiger partial charge in [0.2, 0.25) is 5.91 Å². The average molecular weight is 313 g/mol. The van der Waals surface area contributed by atoms with Crippen LogP contribution in [0.4, 0.5) is 8.78 Å². The van der Waals surface area contributed by atoms with Crippen LogP contribution in [0, 0.1) is 17.6 Å². The molecule has 1 aliphatic rings. The molecule has 116 valence electrons. The van der Waals surface area contributed by atoms with E-state index in [1.54, 1.807) is 6.07 Å². The van der Waals surface area contributed by atoms with Crippen molar-refractivity contribution in [3.8, 4) is 0 Å². The highest BCUT2D eigenvalue weighted by molar-refractivity contribution is 7.99. The van der Waals surface area contributed by atoms with Crippen molar-refractivity contribution in [3.05, 3.63) is 35.4 Å². The molecule has 0 heterocycles. The van der Waals surface area contributed by atoms with Crippen molar-refractivity contribution >= 4 is 17.7 Å². The van der Waals surface area contributed by atoms with Crippen LogP contribution in [0.25, 0.3) is 0 Å². The molecular formula is C16H21F2NOS. The normalized spacial score (nSPS) is 22.0. The molecular weight excluding hydrogens is 292 g/mol. The highest BCUT2D eigenvalue weighted by Crippen LogP contribution is 2.24. The number of carbonyl (C=O) groups is 1. The number of thioether (sulfide) groups is 1. The summed E-state index contributed by atoms with van der Waals surface area (Å²) in [6.07, 6.45) is 4.60. The smallest absolute Gasteiger partial charge is 0.230 e. The van der Waals surface area contributed by atoms with E-state index in [4.69, 9.17) is 0 Å². The summed E-state index contributed by atoms with van der Waals surface area (Å²) in [7, 11) is 0. The number of amides is 1. The van der Waals surface area contributed by atoms with Gasteiger partial charge in [-0.05, 0) is 24.8 Å². The third-order valence-electron chi connectivity index (χ3n) is 3.98. The monoisotopic (exact) mass is 313 g/mol. The molecule has 1 saturated carbocycles. The van der Waals surface area contributed by atoms with Crippen molar-refractivity contribution in [2.24, 2.45) is 5.92 Å². The van der Waals surface area contributed by atoms with E-state index in [9.17, 15) is 13.6 Å². The van der Waals surface area contributed by atoms with Gasteiger partial charge < -0.3 is 5.32 Å². The summed E-state index contributed by atoms with van der Waals surface area (Å²) in [4.78, 5) is 11.9. The molecule has 0 aliphatic heterocycles. The first kappa shape index (κ1) is 16.3. The standard InChI is InChI=1S/C16H21F2NOS/c1-11-5-2-3-8-14(11)19-15(20)10-21-9-12-6-4-7-13(17)16(12)18/h4,6-7,11,14H,2-3,5,8-10H2,1H3,(H,19,20)/t11-,14-/m0/s1. The molecule has 21 heavy (non-hydrogen) atoms. The van der Waals surface area contributed by atoms with E-state index in [1.165, 1.54) is 24.2 Å². The van der Waals surface area contributed by atoms with Gasteiger partial charge >= 0.3 is 0 Å². The molecule has 0 radical (unpaired) electrons. The molecule has 0 unspecified atom stereocenters. The van der Waals surface area contributed by atoms with E-state index < -0.39 is 11.6 Å². The van der Waals surface area contributed by atoms with Gasteiger partial charge in [0.1, 0.15) is 0 Å². The van der Waals surface area contributed by atoms with Crippen LogP contribution >= 0.6 is 11.8 Å². The zero-order valence-corrected chi connectivity index (χ0v) is 13.0. The van der Waals surface area contributed by atoms with Crippen LogP contribution in [0.2, 0.25) is 0 Å². The molecule has 0 saturated heterocycles. The van der Waals surface area contributed by atoms with E-state index >= 15 is 0 Å². The molecule has 0 bridgehead atoms. The Hall–Kier alpha value is -1.10. The SMILES string of the molecule is C[C@H]1CCCC[C@@H]1NC(=O)CSCc1cccc(F)c1F. The predicted molar refractivity (Wildman–Crippen MR) is 82.1 cm³/mol. The lowest BCUT2D eigenvalue weighted by Crippen LogP contribution is -2.41. The first-order chi connectivity index (χ1) is 10.1. The Morgan fingerprint density at radius 2 is 2.10 bits per heavy atom. The molecule has 5 heteroatoms. The molecule has 1 aromatic rings. The highest BCUT2D eigenvalue weighted by Gasteiger charge is 2.22. The van der Waals surface area contributed by atoms with E-state index in [1.807, 2.05) is 0 Å². The zero-order chi connectivity index (χ0) is 15.2. The highest BCUT2D eigenvalue weighted by atomic mass is 32.2. The molecule has 2 atom stereocenters. The van der Waals surface area contributed by atoms with Crippen LogP contribution in [0.5, 0.6) is 0 Å². The molecule has 0 spiro atoms. The van der Waals surface area contributed by atoms with Crippen molar-refractivity contribution in [1.82, 2.24) is 5.32 Å². The van der Waals surface area contributed by atoms with Gasteiger partial charge in [0.15, 0.2) is 11.6 Å². The largest absolute Gasteiger partial charge is 0.352 e. The number of hydrogen-bond acceptors (Lipinski definition) is 2. The van der Waals surface area contributed by atoms with Crippen molar-refractivity contribution < 1.29 is 13.6 Å². The van der Waals surface area contributed by atoms with Gasteiger partial charge in [-0.15, -0.1) is 11.8 Å². The van der Waals surface area contributed by atoms with Gasteiger partial charge in [-0.1, -0.05) is 31.9 Å². The van der Waals surface area contributed by atoms with Gasteiger partial charge in [0.25, 0.3) is 0 Å². The van der Waals surface area contributed by atoms with E-state index in [0.29, 0.717) is 17.2 Å². The Labute approximate surface area is 128 Å². The number of benzene rings is 1. The van der Waals surface area contributed by atoms with Crippen LogP contribution in [0.3, 0.4) is 0 Å². The number of hydrogen-bond donors (Lipinski definition) is 1. The van der Waals surface area contributed by atoms with Crippen LogP contribution < -0.4 is 5.32 Å². The van der Waals surface area contributed by atoms with Crippen LogP contribution in [-0.4, -0.2) is 17.7 Å². The van der Waals surface area contributed by atoms with Gasteiger partial charge in [0.05, 0.1) is 5.75 Å². The number of halogens is 2. The average Bonchev–Trinajstić information content (AvgIpc) is 2.46.